The summed E-state index contributed by atoms with van der Waals surface area (Å²) in [4.78, 5) is 4.32. The molecule has 0 aliphatic carbocycles. The Balaban J connectivity index is 2.39. The third-order valence-electron chi connectivity index (χ3n) is 2.47. The second-order valence-electron chi connectivity index (χ2n) is 4.06. The Bertz CT molecular complexity index is 758. The van der Waals surface area contributed by atoms with Crippen LogP contribution in [0.1, 0.15) is 5.69 Å². The molecule has 0 fully saturated rings. The first-order valence-corrected chi connectivity index (χ1v) is 7.90. The van der Waals surface area contributed by atoms with E-state index in [9.17, 15) is 8.42 Å². The predicted octanol–water partition coefficient (Wildman–Crippen LogP) is 1.91. The molecule has 7 heteroatoms. The van der Waals surface area contributed by atoms with Crippen molar-refractivity contribution in [1.82, 2.24) is 4.98 Å². The van der Waals surface area contributed by atoms with Crippen molar-refractivity contribution >= 4 is 27.0 Å². The van der Waals surface area contributed by atoms with Crippen LogP contribution in [0.2, 0.25) is 0 Å². The Morgan fingerprint density at radius 1 is 1.30 bits per heavy atom. The highest BCUT2D eigenvalue weighted by molar-refractivity contribution is 7.90. The molecule has 0 aliphatic heterocycles. The molecule has 20 heavy (non-hydrogen) atoms. The lowest BCUT2D eigenvalue weighted by atomic mass is 10.3. The number of sulfone groups is 1. The minimum absolute atomic E-state index is 0.111. The topological polar surface area (TPSA) is 82.3 Å². The molecule has 0 unspecified atom stereocenters. The highest BCUT2D eigenvalue weighted by Gasteiger charge is 2.11. The number of nitrogens with two attached hydrogens (primary N) is 1. The van der Waals surface area contributed by atoms with E-state index in [0.717, 1.165) is 6.26 Å². The van der Waals surface area contributed by atoms with Gasteiger partial charge in [-0.05, 0) is 30.3 Å². The SMILES string of the molecule is CS(=O)(=O)c1cccc(Oc2cccnc2C(N)=S)c1. The summed E-state index contributed by atoms with van der Waals surface area (Å²) in [7, 11) is -3.29. The summed E-state index contributed by atoms with van der Waals surface area (Å²) in [6.45, 7) is 0. The summed E-state index contributed by atoms with van der Waals surface area (Å²) in [6.07, 6.45) is 2.69. The van der Waals surface area contributed by atoms with Crippen LogP contribution in [0.15, 0.2) is 47.5 Å². The Morgan fingerprint density at radius 3 is 2.70 bits per heavy atom. The van der Waals surface area contributed by atoms with Gasteiger partial charge in [-0.3, -0.25) is 0 Å². The molecule has 2 rings (SSSR count). The fourth-order valence-electron chi connectivity index (χ4n) is 1.55. The quantitative estimate of drug-likeness (QED) is 0.869. The van der Waals surface area contributed by atoms with Crippen LogP contribution in [-0.4, -0.2) is 24.6 Å². The minimum Gasteiger partial charge on any atom is -0.455 e. The van der Waals surface area contributed by atoms with E-state index in [4.69, 9.17) is 22.7 Å². The van der Waals surface area contributed by atoms with Crippen molar-refractivity contribution in [2.24, 2.45) is 5.73 Å². The monoisotopic (exact) mass is 308 g/mol. The third-order valence-corrected chi connectivity index (χ3v) is 3.77. The van der Waals surface area contributed by atoms with Crippen LogP contribution in [0.5, 0.6) is 11.5 Å². The number of nitrogens with zero attached hydrogens (tertiary/aromatic N) is 1. The first-order chi connectivity index (χ1) is 9.38. The van der Waals surface area contributed by atoms with Crippen molar-refractivity contribution in [3.63, 3.8) is 0 Å². The molecule has 2 N–H and O–H groups in total. The molecule has 0 saturated heterocycles. The molecular weight excluding hydrogens is 296 g/mol. The molecule has 0 radical (unpaired) electrons. The van der Waals surface area contributed by atoms with E-state index in [-0.39, 0.29) is 9.88 Å². The Labute approximate surface area is 122 Å². The zero-order valence-electron chi connectivity index (χ0n) is 10.6. The zero-order valence-corrected chi connectivity index (χ0v) is 12.2. The molecular formula is C13H12N2O3S2. The Morgan fingerprint density at radius 2 is 2.05 bits per heavy atom. The van der Waals surface area contributed by atoms with Crippen molar-refractivity contribution < 1.29 is 13.2 Å². The first kappa shape index (κ1) is 14.4. The Hall–Kier alpha value is -1.99. The summed E-state index contributed by atoms with van der Waals surface area (Å²) >= 11 is 4.89. The average molecular weight is 308 g/mol. The number of aromatic nitrogens is 1. The molecule has 0 aliphatic rings. The Kier molecular flexibility index (Phi) is 4.01. The lowest BCUT2D eigenvalue weighted by Gasteiger charge is -2.09. The number of rotatable bonds is 4. The van der Waals surface area contributed by atoms with E-state index in [1.165, 1.54) is 12.1 Å². The lowest BCUT2D eigenvalue weighted by molar-refractivity contribution is 0.477. The van der Waals surface area contributed by atoms with Crippen molar-refractivity contribution in [2.75, 3.05) is 6.26 Å². The van der Waals surface area contributed by atoms with Gasteiger partial charge in [0.05, 0.1) is 4.90 Å². The predicted molar refractivity (Wildman–Crippen MR) is 79.8 cm³/mol. The van der Waals surface area contributed by atoms with E-state index in [0.29, 0.717) is 17.2 Å². The van der Waals surface area contributed by atoms with Crippen LogP contribution in [0.3, 0.4) is 0 Å². The van der Waals surface area contributed by atoms with E-state index >= 15 is 0 Å². The van der Waals surface area contributed by atoms with Crippen molar-refractivity contribution in [1.29, 1.82) is 0 Å². The van der Waals surface area contributed by atoms with Gasteiger partial charge in [0.1, 0.15) is 16.4 Å². The molecule has 1 aromatic carbocycles. The molecule has 1 heterocycles. The molecule has 1 aromatic heterocycles. The molecule has 5 nitrogen and oxygen atoms in total. The van der Waals surface area contributed by atoms with Gasteiger partial charge in [0, 0.05) is 12.5 Å². The fourth-order valence-corrected chi connectivity index (χ4v) is 2.36. The van der Waals surface area contributed by atoms with Crippen LogP contribution in [0.25, 0.3) is 0 Å². The molecule has 0 atom stereocenters. The van der Waals surface area contributed by atoms with Gasteiger partial charge in [-0.1, -0.05) is 18.3 Å². The maximum atomic E-state index is 11.5. The summed E-state index contributed by atoms with van der Waals surface area (Å²) in [5.74, 6) is 0.754. The summed E-state index contributed by atoms with van der Waals surface area (Å²) in [5, 5.41) is 0. The van der Waals surface area contributed by atoms with Gasteiger partial charge in [-0.25, -0.2) is 13.4 Å². The molecule has 0 bridgehead atoms. The lowest BCUT2D eigenvalue weighted by Crippen LogP contribution is -2.12. The first-order valence-electron chi connectivity index (χ1n) is 5.61. The van der Waals surface area contributed by atoms with Gasteiger partial charge in [0.15, 0.2) is 15.6 Å². The van der Waals surface area contributed by atoms with Gasteiger partial charge in [0.2, 0.25) is 0 Å². The smallest absolute Gasteiger partial charge is 0.175 e. The van der Waals surface area contributed by atoms with Gasteiger partial charge in [-0.2, -0.15) is 0 Å². The summed E-state index contributed by atoms with van der Waals surface area (Å²) in [6, 6.07) is 9.52. The minimum atomic E-state index is -3.29. The largest absolute Gasteiger partial charge is 0.455 e. The van der Waals surface area contributed by atoms with Crippen LogP contribution in [0, 0.1) is 0 Å². The third kappa shape index (κ3) is 3.31. The molecule has 104 valence electrons. The summed E-state index contributed by atoms with van der Waals surface area (Å²) in [5.41, 5.74) is 5.91. The van der Waals surface area contributed by atoms with E-state index in [2.05, 4.69) is 4.98 Å². The normalized spacial score (nSPS) is 11.1. The number of hydrogen-bond donors (Lipinski definition) is 1. The van der Waals surface area contributed by atoms with Crippen molar-refractivity contribution in [3.05, 3.63) is 48.3 Å². The number of hydrogen-bond acceptors (Lipinski definition) is 5. The van der Waals surface area contributed by atoms with Crippen LogP contribution < -0.4 is 10.5 Å². The van der Waals surface area contributed by atoms with Crippen molar-refractivity contribution in [2.45, 2.75) is 4.90 Å². The summed E-state index contributed by atoms with van der Waals surface area (Å²) < 4.78 is 28.6. The highest BCUT2D eigenvalue weighted by Crippen LogP contribution is 2.25. The van der Waals surface area contributed by atoms with E-state index in [1.807, 2.05) is 0 Å². The molecule has 2 aromatic rings. The second kappa shape index (κ2) is 5.56. The van der Waals surface area contributed by atoms with Gasteiger partial charge in [-0.15, -0.1) is 0 Å². The average Bonchev–Trinajstić information content (AvgIpc) is 2.38. The maximum absolute atomic E-state index is 11.5. The van der Waals surface area contributed by atoms with Crippen LogP contribution >= 0.6 is 12.2 Å². The number of benzene rings is 1. The van der Waals surface area contributed by atoms with Gasteiger partial charge < -0.3 is 10.5 Å². The number of pyridine rings is 1. The second-order valence-corrected chi connectivity index (χ2v) is 6.52. The molecule has 0 spiro atoms. The zero-order chi connectivity index (χ0) is 14.8. The van der Waals surface area contributed by atoms with E-state index < -0.39 is 9.84 Å². The number of thiocarbonyl (C=S) groups is 1. The number of ether oxygens (including phenoxy) is 1. The maximum Gasteiger partial charge on any atom is 0.175 e. The van der Waals surface area contributed by atoms with Gasteiger partial charge >= 0.3 is 0 Å². The fraction of sp³-hybridized carbons (Fsp3) is 0.0769. The van der Waals surface area contributed by atoms with Crippen LogP contribution in [0.4, 0.5) is 0 Å². The van der Waals surface area contributed by atoms with Crippen molar-refractivity contribution in [3.8, 4) is 11.5 Å². The standard InChI is InChI=1S/C13H12N2O3S2/c1-20(16,17)10-5-2-4-9(8-10)18-11-6-3-7-15-12(11)13(14)19/h2-8H,1H3,(H2,14,19). The molecule has 0 amide bonds. The highest BCUT2D eigenvalue weighted by atomic mass is 32.2. The van der Waals surface area contributed by atoms with Gasteiger partial charge in [0.25, 0.3) is 0 Å². The van der Waals surface area contributed by atoms with Crippen LogP contribution in [-0.2, 0) is 9.84 Å². The molecule has 0 saturated carbocycles. The van der Waals surface area contributed by atoms with E-state index in [1.54, 1.807) is 30.5 Å².